The number of aryl methyl sites for hydroxylation is 1. The fourth-order valence-electron chi connectivity index (χ4n) is 2.15. The van der Waals surface area contributed by atoms with Gasteiger partial charge in [-0.2, -0.15) is 5.10 Å². The Kier molecular flexibility index (Phi) is 4.95. The van der Waals surface area contributed by atoms with Crippen molar-refractivity contribution in [3.63, 3.8) is 0 Å². The fourth-order valence-corrected chi connectivity index (χ4v) is 2.90. The van der Waals surface area contributed by atoms with Gasteiger partial charge in [0, 0.05) is 17.3 Å². The summed E-state index contributed by atoms with van der Waals surface area (Å²) in [4.78, 5) is 13.7. The summed E-state index contributed by atoms with van der Waals surface area (Å²) in [5.74, 6) is 0.671. The number of ether oxygens (including phenoxy) is 1. The van der Waals surface area contributed by atoms with Crippen LogP contribution in [0.25, 0.3) is 0 Å². The Hall–Kier alpha value is -1.62. The maximum absolute atomic E-state index is 12.4. The number of thiophene rings is 1. The summed E-state index contributed by atoms with van der Waals surface area (Å²) in [6.07, 6.45) is 3.94. The first-order chi connectivity index (χ1) is 9.63. The number of rotatable bonds is 7. The number of hydrogen-bond acceptors (Lipinski definition) is 4. The number of aromatic nitrogens is 2. The summed E-state index contributed by atoms with van der Waals surface area (Å²) in [5.41, 5.74) is 0.591. The molecule has 2 heterocycles. The molecule has 0 saturated heterocycles. The van der Waals surface area contributed by atoms with E-state index in [1.165, 1.54) is 4.88 Å². The van der Waals surface area contributed by atoms with E-state index in [0.717, 1.165) is 12.8 Å². The van der Waals surface area contributed by atoms with Gasteiger partial charge in [0.1, 0.15) is 5.69 Å². The zero-order valence-electron chi connectivity index (χ0n) is 12.1. The van der Waals surface area contributed by atoms with Gasteiger partial charge in [0.05, 0.1) is 13.3 Å². The van der Waals surface area contributed by atoms with Crippen molar-refractivity contribution in [2.24, 2.45) is 0 Å². The van der Waals surface area contributed by atoms with Gasteiger partial charge in [0.25, 0.3) is 0 Å². The quantitative estimate of drug-likeness (QED) is 0.730. The molecule has 0 radical (unpaired) electrons. The topological polar surface area (TPSA) is 44.1 Å². The van der Waals surface area contributed by atoms with Crippen molar-refractivity contribution in [2.75, 3.05) is 7.11 Å². The Morgan fingerprint density at radius 1 is 1.50 bits per heavy atom. The lowest BCUT2D eigenvalue weighted by atomic mass is 10.1. The highest BCUT2D eigenvalue weighted by atomic mass is 32.1. The smallest absolute Gasteiger partial charge is 0.184 e. The largest absolute Gasteiger partial charge is 0.493 e. The summed E-state index contributed by atoms with van der Waals surface area (Å²) in [6.45, 7) is 4.02. The molecule has 20 heavy (non-hydrogen) atoms. The second-order valence-electron chi connectivity index (χ2n) is 4.96. The lowest BCUT2D eigenvalue weighted by molar-refractivity contribution is 0.0964. The van der Waals surface area contributed by atoms with Gasteiger partial charge in [-0.25, -0.2) is 0 Å². The summed E-state index contributed by atoms with van der Waals surface area (Å²) in [7, 11) is 1.57. The number of ketones is 1. The van der Waals surface area contributed by atoms with Crippen molar-refractivity contribution >= 4 is 17.1 Å². The van der Waals surface area contributed by atoms with Gasteiger partial charge in [0.2, 0.25) is 0 Å². The average Bonchev–Trinajstić information content (AvgIpc) is 3.07. The van der Waals surface area contributed by atoms with E-state index in [-0.39, 0.29) is 11.8 Å². The molecule has 0 fully saturated rings. The van der Waals surface area contributed by atoms with E-state index < -0.39 is 0 Å². The van der Waals surface area contributed by atoms with Gasteiger partial charge < -0.3 is 4.74 Å². The second-order valence-corrected chi connectivity index (χ2v) is 5.99. The van der Waals surface area contributed by atoms with Gasteiger partial charge in [-0.3, -0.25) is 9.48 Å². The summed E-state index contributed by atoms with van der Waals surface area (Å²) < 4.78 is 6.99. The van der Waals surface area contributed by atoms with E-state index >= 15 is 0 Å². The second kappa shape index (κ2) is 6.70. The van der Waals surface area contributed by atoms with Crippen LogP contribution in [0.4, 0.5) is 0 Å². The maximum atomic E-state index is 12.4. The number of hydrogen-bond donors (Lipinski definition) is 0. The predicted octanol–water partition coefficient (Wildman–Crippen LogP) is 3.74. The predicted molar refractivity (Wildman–Crippen MR) is 80.8 cm³/mol. The summed E-state index contributed by atoms with van der Waals surface area (Å²) in [6, 6.07) is 4.29. The zero-order valence-corrected chi connectivity index (χ0v) is 12.9. The molecule has 2 rings (SSSR count). The zero-order chi connectivity index (χ0) is 14.5. The number of methoxy groups -OCH3 is 1. The van der Waals surface area contributed by atoms with Crippen LogP contribution in [-0.2, 0) is 6.42 Å². The minimum Gasteiger partial charge on any atom is -0.493 e. The summed E-state index contributed by atoms with van der Waals surface area (Å²) >= 11 is 1.73. The molecule has 0 amide bonds. The first kappa shape index (κ1) is 14.8. The molecule has 0 atom stereocenters. The Labute approximate surface area is 123 Å². The molecule has 0 aliphatic heterocycles. The van der Waals surface area contributed by atoms with Crippen LogP contribution in [-0.4, -0.2) is 22.7 Å². The molecular weight excluding hydrogens is 272 g/mol. The maximum Gasteiger partial charge on any atom is 0.184 e. The van der Waals surface area contributed by atoms with Crippen LogP contribution in [0.2, 0.25) is 0 Å². The Morgan fingerprint density at radius 2 is 2.30 bits per heavy atom. The van der Waals surface area contributed by atoms with Crippen molar-refractivity contribution in [1.82, 2.24) is 9.78 Å². The van der Waals surface area contributed by atoms with Gasteiger partial charge in [-0.05, 0) is 38.1 Å². The Bertz CT molecular complexity index is 558. The lowest BCUT2D eigenvalue weighted by Crippen LogP contribution is -2.13. The molecule has 0 saturated carbocycles. The normalized spacial score (nSPS) is 11.0. The molecule has 0 aliphatic carbocycles. The first-order valence-electron chi connectivity index (χ1n) is 6.80. The van der Waals surface area contributed by atoms with E-state index in [1.54, 1.807) is 29.3 Å². The van der Waals surface area contributed by atoms with Crippen LogP contribution in [0.5, 0.6) is 5.75 Å². The Morgan fingerprint density at radius 3 is 2.90 bits per heavy atom. The van der Waals surface area contributed by atoms with Crippen molar-refractivity contribution in [3.8, 4) is 5.75 Å². The minimum atomic E-state index is 0.101. The number of carbonyl (C=O) groups excluding carboxylic acids is 1. The van der Waals surface area contributed by atoms with Crippen LogP contribution in [0.15, 0.2) is 23.7 Å². The molecule has 108 valence electrons. The highest BCUT2D eigenvalue weighted by Crippen LogP contribution is 2.23. The van der Waals surface area contributed by atoms with Gasteiger partial charge in [0.15, 0.2) is 11.5 Å². The minimum absolute atomic E-state index is 0.101. The molecule has 5 heteroatoms. The highest BCUT2D eigenvalue weighted by Gasteiger charge is 2.20. The standard InChI is InChI=1S/C15H20N2O2S/c1-11(2)17-15(14(19-3)10-16-17)13(18)8-4-6-12-7-5-9-20-12/h5,7,9-11H,4,6,8H2,1-3H3. The van der Waals surface area contributed by atoms with E-state index in [4.69, 9.17) is 4.74 Å². The molecule has 4 nitrogen and oxygen atoms in total. The van der Waals surface area contributed by atoms with E-state index in [9.17, 15) is 4.79 Å². The van der Waals surface area contributed by atoms with Crippen LogP contribution in [0.3, 0.4) is 0 Å². The molecule has 0 aromatic carbocycles. The van der Waals surface area contributed by atoms with Crippen molar-refractivity contribution in [3.05, 3.63) is 34.3 Å². The van der Waals surface area contributed by atoms with Crippen LogP contribution in [0, 0.1) is 0 Å². The van der Waals surface area contributed by atoms with Gasteiger partial charge in [-0.1, -0.05) is 6.07 Å². The molecule has 0 unspecified atom stereocenters. The molecule has 2 aromatic rings. The fraction of sp³-hybridized carbons (Fsp3) is 0.467. The Balaban J connectivity index is 2.02. The van der Waals surface area contributed by atoms with Crippen LogP contribution >= 0.6 is 11.3 Å². The molecular formula is C15H20N2O2S. The summed E-state index contributed by atoms with van der Waals surface area (Å²) in [5, 5.41) is 6.30. The van der Waals surface area contributed by atoms with Gasteiger partial charge in [-0.15, -0.1) is 11.3 Å². The van der Waals surface area contributed by atoms with Crippen molar-refractivity contribution in [2.45, 2.75) is 39.2 Å². The monoisotopic (exact) mass is 292 g/mol. The highest BCUT2D eigenvalue weighted by molar-refractivity contribution is 7.09. The third-order valence-corrected chi connectivity index (χ3v) is 4.08. The molecule has 0 aliphatic rings. The molecule has 0 bridgehead atoms. The van der Waals surface area contributed by atoms with Crippen molar-refractivity contribution < 1.29 is 9.53 Å². The van der Waals surface area contributed by atoms with Crippen LogP contribution in [0.1, 0.15) is 48.1 Å². The number of nitrogens with zero attached hydrogens (tertiary/aromatic N) is 2. The van der Waals surface area contributed by atoms with Crippen LogP contribution < -0.4 is 4.74 Å². The molecule has 0 N–H and O–H groups in total. The third-order valence-electron chi connectivity index (χ3n) is 3.14. The number of carbonyl (C=O) groups is 1. The third kappa shape index (κ3) is 3.28. The number of Topliss-reactive ketones (excluding diaryl/α,β-unsaturated/α-hetero) is 1. The van der Waals surface area contributed by atoms with E-state index in [0.29, 0.717) is 17.9 Å². The SMILES string of the molecule is COc1cnn(C(C)C)c1C(=O)CCCc1cccs1. The molecule has 2 aromatic heterocycles. The average molecular weight is 292 g/mol. The van der Waals surface area contributed by atoms with Gasteiger partial charge >= 0.3 is 0 Å². The van der Waals surface area contributed by atoms with E-state index in [2.05, 4.69) is 16.5 Å². The van der Waals surface area contributed by atoms with Crippen molar-refractivity contribution in [1.29, 1.82) is 0 Å². The first-order valence-corrected chi connectivity index (χ1v) is 7.68. The molecule has 0 spiro atoms. The lowest BCUT2D eigenvalue weighted by Gasteiger charge is -2.11. The van der Waals surface area contributed by atoms with E-state index in [1.807, 2.05) is 19.9 Å².